The molecule has 1 aliphatic rings. The lowest BCUT2D eigenvalue weighted by Crippen LogP contribution is -2.51. The van der Waals surface area contributed by atoms with Gasteiger partial charge in [0.05, 0.1) is 0 Å². The van der Waals surface area contributed by atoms with Crippen molar-refractivity contribution < 1.29 is 14.7 Å². The predicted molar refractivity (Wildman–Crippen MR) is 75.2 cm³/mol. The third kappa shape index (κ3) is 2.82. The SMILES string of the molecule is CNCC(C)C(=O)N1Cc2ccccc2C[C@H]1C(=O)O. The number of carbonyl (C=O) groups is 2. The second-order valence-electron chi connectivity index (χ2n) is 5.25. The summed E-state index contributed by atoms with van der Waals surface area (Å²) in [6.07, 6.45) is 0.378. The molecule has 2 atom stereocenters. The number of carbonyl (C=O) groups excluding carboxylic acids is 1. The van der Waals surface area contributed by atoms with E-state index in [1.54, 1.807) is 7.05 Å². The minimum absolute atomic E-state index is 0.110. The summed E-state index contributed by atoms with van der Waals surface area (Å²) in [6.45, 7) is 2.74. The van der Waals surface area contributed by atoms with Crippen LogP contribution in [0.1, 0.15) is 18.1 Å². The van der Waals surface area contributed by atoms with E-state index < -0.39 is 12.0 Å². The Hall–Kier alpha value is -1.88. The number of rotatable bonds is 4. The monoisotopic (exact) mass is 276 g/mol. The zero-order valence-corrected chi connectivity index (χ0v) is 11.8. The quantitative estimate of drug-likeness (QED) is 0.856. The Bertz CT molecular complexity index is 516. The Kier molecular flexibility index (Phi) is 4.39. The predicted octanol–water partition coefficient (Wildman–Crippen LogP) is 0.880. The molecule has 2 N–H and O–H groups in total. The fourth-order valence-corrected chi connectivity index (χ4v) is 2.65. The van der Waals surface area contributed by atoms with Crippen LogP contribution in [0.4, 0.5) is 0 Å². The summed E-state index contributed by atoms with van der Waals surface area (Å²) < 4.78 is 0. The highest BCUT2D eigenvalue weighted by atomic mass is 16.4. The standard InChI is InChI=1S/C15H20N2O3/c1-10(8-16-2)14(18)17-9-12-6-4-3-5-11(12)7-13(17)15(19)20/h3-6,10,13,16H,7-9H2,1-2H3,(H,19,20)/t10?,13-/m0/s1. The van der Waals surface area contributed by atoms with E-state index in [0.717, 1.165) is 11.1 Å². The lowest BCUT2D eigenvalue weighted by atomic mass is 9.93. The molecule has 0 spiro atoms. The normalized spacial score (nSPS) is 19.3. The summed E-state index contributed by atoms with van der Waals surface area (Å²) in [7, 11) is 1.78. The van der Waals surface area contributed by atoms with Crippen LogP contribution in [0.25, 0.3) is 0 Å². The van der Waals surface area contributed by atoms with Crippen molar-refractivity contribution >= 4 is 11.9 Å². The second-order valence-corrected chi connectivity index (χ2v) is 5.25. The van der Waals surface area contributed by atoms with E-state index in [9.17, 15) is 14.7 Å². The highest BCUT2D eigenvalue weighted by Gasteiger charge is 2.35. The van der Waals surface area contributed by atoms with Gasteiger partial charge in [-0.1, -0.05) is 31.2 Å². The van der Waals surface area contributed by atoms with Gasteiger partial charge in [-0.2, -0.15) is 0 Å². The van der Waals surface area contributed by atoms with Gasteiger partial charge in [0, 0.05) is 25.4 Å². The maximum absolute atomic E-state index is 12.4. The van der Waals surface area contributed by atoms with Crippen molar-refractivity contribution in [2.75, 3.05) is 13.6 Å². The number of aliphatic carboxylic acids is 1. The number of nitrogens with zero attached hydrogens (tertiary/aromatic N) is 1. The largest absolute Gasteiger partial charge is 0.480 e. The summed E-state index contributed by atoms with van der Waals surface area (Å²) in [6, 6.07) is 6.94. The molecule has 0 saturated carbocycles. The molecule has 5 nitrogen and oxygen atoms in total. The van der Waals surface area contributed by atoms with E-state index in [1.165, 1.54) is 4.90 Å². The zero-order valence-electron chi connectivity index (χ0n) is 11.8. The first kappa shape index (κ1) is 14.5. The van der Waals surface area contributed by atoms with Gasteiger partial charge in [0.25, 0.3) is 0 Å². The molecule has 108 valence electrons. The third-order valence-electron chi connectivity index (χ3n) is 3.75. The van der Waals surface area contributed by atoms with E-state index in [1.807, 2.05) is 31.2 Å². The summed E-state index contributed by atoms with van der Waals surface area (Å²) in [5, 5.41) is 12.3. The second kappa shape index (κ2) is 6.05. The summed E-state index contributed by atoms with van der Waals surface area (Å²) in [4.78, 5) is 25.4. The fourth-order valence-electron chi connectivity index (χ4n) is 2.65. The van der Waals surface area contributed by atoms with Crippen LogP contribution in [0.2, 0.25) is 0 Å². The summed E-state index contributed by atoms with van der Waals surface area (Å²) >= 11 is 0. The van der Waals surface area contributed by atoms with Crippen LogP contribution in [-0.2, 0) is 22.6 Å². The van der Waals surface area contributed by atoms with Crippen molar-refractivity contribution in [1.29, 1.82) is 0 Å². The molecule has 5 heteroatoms. The van der Waals surface area contributed by atoms with Gasteiger partial charge in [-0.15, -0.1) is 0 Å². The molecule has 0 radical (unpaired) electrons. The molecular weight excluding hydrogens is 256 g/mol. The average molecular weight is 276 g/mol. The van der Waals surface area contributed by atoms with Gasteiger partial charge in [-0.3, -0.25) is 4.79 Å². The molecular formula is C15H20N2O3. The number of nitrogens with one attached hydrogen (secondary N) is 1. The Morgan fingerprint density at radius 2 is 2.05 bits per heavy atom. The molecule has 0 aromatic heterocycles. The molecule has 1 amide bonds. The van der Waals surface area contributed by atoms with Crippen LogP contribution in [0.5, 0.6) is 0 Å². The first-order valence-corrected chi connectivity index (χ1v) is 6.79. The van der Waals surface area contributed by atoms with E-state index in [0.29, 0.717) is 19.5 Å². The van der Waals surface area contributed by atoms with E-state index >= 15 is 0 Å². The number of carboxylic acids is 1. The van der Waals surface area contributed by atoms with E-state index in [4.69, 9.17) is 0 Å². The van der Waals surface area contributed by atoms with Crippen LogP contribution in [0, 0.1) is 5.92 Å². The molecule has 1 aliphatic heterocycles. The van der Waals surface area contributed by atoms with Crippen LogP contribution in [-0.4, -0.2) is 41.5 Å². The van der Waals surface area contributed by atoms with Gasteiger partial charge in [0.2, 0.25) is 5.91 Å². The van der Waals surface area contributed by atoms with E-state index in [2.05, 4.69) is 5.32 Å². The number of hydrogen-bond acceptors (Lipinski definition) is 3. The molecule has 20 heavy (non-hydrogen) atoms. The highest BCUT2D eigenvalue weighted by Crippen LogP contribution is 2.24. The van der Waals surface area contributed by atoms with Crippen LogP contribution in [0.3, 0.4) is 0 Å². The van der Waals surface area contributed by atoms with Gasteiger partial charge in [0.1, 0.15) is 6.04 Å². The first-order valence-electron chi connectivity index (χ1n) is 6.79. The molecule has 1 aromatic rings. The van der Waals surface area contributed by atoms with Gasteiger partial charge >= 0.3 is 5.97 Å². The maximum Gasteiger partial charge on any atom is 0.326 e. The maximum atomic E-state index is 12.4. The fraction of sp³-hybridized carbons (Fsp3) is 0.467. The lowest BCUT2D eigenvalue weighted by Gasteiger charge is -2.36. The van der Waals surface area contributed by atoms with Crippen molar-refractivity contribution in [3.05, 3.63) is 35.4 Å². The molecule has 1 aromatic carbocycles. The van der Waals surface area contributed by atoms with Crippen molar-refractivity contribution in [3.63, 3.8) is 0 Å². The highest BCUT2D eigenvalue weighted by molar-refractivity contribution is 5.85. The topological polar surface area (TPSA) is 69.6 Å². The number of carboxylic acid groups (broad SMARTS) is 1. The number of amides is 1. The van der Waals surface area contributed by atoms with Crippen molar-refractivity contribution in [3.8, 4) is 0 Å². The van der Waals surface area contributed by atoms with Gasteiger partial charge < -0.3 is 15.3 Å². The van der Waals surface area contributed by atoms with E-state index in [-0.39, 0.29) is 11.8 Å². The third-order valence-corrected chi connectivity index (χ3v) is 3.75. The van der Waals surface area contributed by atoms with Gasteiger partial charge in [-0.05, 0) is 18.2 Å². The smallest absolute Gasteiger partial charge is 0.326 e. The molecule has 2 rings (SSSR count). The van der Waals surface area contributed by atoms with Crippen molar-refractivity contribution in [2.45, 2.75) is 25.9 Å². The Labute approximate surface area is 118 Å². The Morgan fingerprint density at radius 1 is 1.40 bits per heavy atom. The molecule has 0 aliphatic carbocycles. The number of fused-ring (bicyclic) bond motifs is 1. The van der Waals surface area contributed by atoms with Gasteiger partial charge in [0.15, 0.2) is 0 Å². The molecule has 1 heterocycles. The van der Waals surface area contributed by atoms with Crippen LogP contribution >= 0.6 is 0 Å². The van der Waals surface area contributed by atoms with Gasteiger partial charge in [-0.25, -0.2) is 4.79 Å². The molecule has 0 fully saturated rings. The Morgan fingerprint density at radius 3 is 2.65 bits per heavy atom. The minimum Gasteiger partial charge on any atom is -0.480 e. The average Bonchev–Trinajstić information content (AvgIpc) is 2.45. The summed E-state index contributed by atoms with van der Waals surface area (Å²) in [5.74, 6) is -1.28. The van der Waals surface area contributed by atoms with Crippen molar-refractivity contribution in [1.82, 2.24) is 10.2 Å². The Balaban J connectivity index is 2.26. The molecule has 1 unspecified atom stereocenters. The zero-order chi connectivity index (χ0) is 14.7. The van der Waals surface area contributed by atoms with Crippen molar-refractivity contribution in [2.24, 2.45) is 5.92 Å². The molecule has 0 bridgehead atoms. The number of hydrogen-bond donors (Lipinski definition) is 2. The van der Waals surface area contributed by atoms with Crippen LogP contribution in [0.15, 0.2) is 24.3 Å². The minimum atomic E-state index is -0.940. The number of benzene rings is 1. The molecule has 0 saturated heterocycles. The van der Waals surface area contributed by atoms with Crippen LogP contribution < -0.4 is 5.32 Å². The first-order chi connectivity index (χ1) is 9.54. The summed E-state index contributed by atoms with van der Waals surface area (Å²) in [5.41, 5.74) is 2.06. The lowest BCUT2D eigenvalue weighted by molar-refractivity contribution is -0.153.